The van der Waals surface area contributed by atoms with E-state index in [2.05, 4.69) is 0 Å². The number of hydrogen-bond donors (Lipinski definition) is 3. The van der Waals surface area contributed by atoms with Gasteiger partial charge in [0, 0.05) is 24.3 Å². The number of nitrogens with zero attached hydrogens (tertiary/aromatic N) is 1. The molecule has 7 heteroatoms. The van der Waals surface area contributed by atoms with E-state index in [1.165, 1.54) is 12.1 Å². The topological polar surface area (TPSA) is 73.3 Å². The van der Waals surface area contributed by atoms with Crippen LogP contribution in [0, 0.1) is 5.41 Å². The van der Waals surface area contributed by atoms with Gasteiger partial charge in [-0.2, -0.15) is 13.2 Å². The molecule has 0 unspecified atom stereocenters. The summed E-state index contributed by atoms with van der Waals surface area (Å²) in [5.41, 5.74) is 4.32. The van der Waals surface area contributed by atoms with E-state index in [1.807, 2.05) is 6.92 Å². The summed E-state index contributed by atoms with van der Waals surface area (Å²) < 4.78 is 39.2. The summed E-state index contributed by atoms with van der Waals surface area (Å²) in [4.78, 5) is 1.70. The lowest BCUT2D eigenvalue weighted by Gasteiger charge is -2.25. The van der Waals surface area contributed by atoms with Crippen molar-refractivity contribution in [3.05, 3.63) is 29.3 Å². The fraction of sp³-hybridized carbons (Fsp3) is 0.500. The number of unbranched alkanes of at least 4 members (excludes halogenated alkanes) is 1. The van der Waals surface area contributed by atoms with Crippen molar-refractivity contribution >= 4 is 11.5 Å². The minimum absolute atomic E-state index is 0.139. The molecule has 4 nitrogen and oxygen atoms in total. The highest BCUT2D eigenvalue weighted by molar-refractivity contribution is 5.97. The first-order chi connectivity index (χ1) is 9.81. The molecular weight excluding hydrogens is 283 g/mol. The first-order valence-electron chi connectivity index (χ1n) is 6.72. The van der Waals surface area contributed by atoms with Crippen molar-refractivity contribution in [3.63, 3.8) is 0 Å². The second-order valence-corrected chi connectivity index (χ2v) is 4.71. The molecule has 0 aliphatic carbocycles. The average Bonchev–Trinajstić information content (AvgIpc) is 2.41. The predicted molar refractivity (Wildman–Crippen MR) is 76.7 cm³/mol. The number of amidine groups is 1. The van der Waals surface area contributed by atoms with Crippen LogP contribution >= 0.6 is 0 Å². The Kier molecular flexibility index (Phi) is 6.02. The van der Waals surface area contributed by atoms with E-state index in [4.69, 9.17) is 16.2 Å². The Hall–Kier alpha value is -1.76. The molecule has 0 saturated carbocycles. The molecule has 0 aromatic heterocycles. The minimum atomic E-state index is -4.58. The van der Waals surface area contributed by atoms with Crippen LogP contribution in [0.1, 0.15) is 30.9 Å². The number of nitrogen functional groups attached to an aromatic ring is 1. The van der Waals surface area contributed by atoms with E-state index in [0.29, 0.717) is 12.2 Å². The van der Waals surface area contributed by atoms with Crippen LogP contribution < -0.4 is 10.6 Å². The number of nitrogens with one attached hydrogen (secondary N) is 1. The number of alkyl halides is 3. The van der Waals surface area contributed by atoms with E-state index in [9.17, 15) is 13.2 Å². The maximum atomic E-state index is 13.1. The van der Waals surface area contributed by atoms with E-state index in [0.717, 1.165) is 18.9 Å². The molecule has 0 aliphatic heterocycles. The van der Waals surface area contributed by atoms with Gasteiger partial charge in [-0.05, 0) is 24.6 Å². The van der Waals surface area contributed by atoms with Gasteiger partial charge in [-0.25, -0.2) is 0 Å². The Morgan fingerprint density at radius 2 is 2.00 bits per heavy atom. The molecule has 0 atom stereocenters. The average molecular weight is 303 g/mol. The van der Waals surface area contributed by atoms with Crippen molar-refractivity contribution in [1.82, 2.24) is 0 Å². The van der Waals surface area contributed by atoms with Gasteiger partial charge in [0.1, 0.15) is 5.84 Å². The highest BCUT2D eigenvalue weighted by atomic mass is 19.4. The zero-order chi connectivity index (χ0) is 16.0. The third-order valence-electron chi connectivity index (χ3n) is 3.12. The van der Waals surface area contributed by atoms with Crippen molar-refractivity contribution in [3.8, 4) is 0 Å². The van der Waals surface area contributed by atoms with Crippen molar-refractivity contribution in [2.45, 2.75) is 25.9 Å². The molecular formula is C14H20F3N3O. The zero-order valence-electron chi connectivity index (χ0n) is 11.9. The van der Waals surface area contributed by atoms with Crippen molar-refractivity contribution in [2.24, 2.45) is 5.73 Å². The van der Waals surface area contributed by atoms with Gasteiger partial charge in [-0.15, -0.1) is 0 Å². The predicted octanol–water partition coefficient (Wildman–Crippen LogP) is 2.59. The van der Waals surface area contributed by atoms with Gasteiger partial charge in [0.15, 0.2) is 0 Å². The fourth-order valence-electron chi connectivity index (χ4n) is 2.04. The number of hydrogen-bond acceptors (Lipinski definition) is 3. The maximum Gasteiger partial charge on any atom is 0.417 e. The second kappa shape index (κ2) is 7.31. The Bertz CT molecular complexity index is 489. The van der Waals surface area contributed by atoms with Gasteiger partial charge in [0.25, 0.3) is 0 Å². The van der Waals surface area contributed by atoms with Gasteiger partial charge in [0.2, 0.25) is 0 Å². The van der Waals surface area contributed by atoms with Gasteiger partial charge in [-0.3, -0.25) is 5.41 Å². The molecule has 0 heterocycles. The summed E-state index contributed by atoms with van der Waals surface area (Å²) in [5, 5.41) is 16.3. The van der Waals surface area contributed by atoms with Crippen LogP contribution in [0.5, 0.6) is 0 Å². The van der Waals surface area contributed by atoms with Crippen LogP contribution in [0.15, 0.2) is 18.2 Å². The van der Waals surface area contributed by atoms with Crippen molar-refractivity contribution in [1.29, 1.82) is 5.41 Å². The first-order valence-corrected chi connectivity index (χ1v) is 6.72. The van der Waals surface area contributed by atoms with Gasteiger partial charge in [0.05, 0.1) is 12.2 Å². The molecule has 21 heavy (non-hydrogen) atoms. The van der Waals surface area contributed by atoms with Crippen LogP contribution in [0.3, 0.4) is 0 Å². The standard InChI is InChI=1S/C14H20F3N3O/c1-2-3-6-20(7-8-21)10-4-5-11(13(18)19)12(9-10)14(15,16)17/h4-5,9,21H,2-3,6-8H2,1H3,(H3,18,19). The van der Waals surface area contributed by atoms with E-state index >= 15 is 0 Å². The normalized spacial score (nSPS) is 11.5. The second-order valence-electron chi connectivity index (χ2n) is 4.71. The fourth-order valence-corrected chi connectivity index (χ4v) is 2.04. The van der Waals surface area contributed by atoms with Crippen LogP contribution in [-0.2, 0) is 6.18 Å². The molecule has 0 fully saturated rings. The monoisotopic (exact) mass is 303 g/mol. The number of nitrogens with two attached hydrogens (primary N) is 1. The van der Waals surface area contributed by atoms with Gasteiger partial charge >= 0.3 is 6.18 Å². The molecule has 0 bridgehead atoms. The third kappa shape index (κ3) is 4.63. The molecule has 0 saturated heterocycles. The Morgan fingerprint density at radius 1 is 1.33 bits per heavy atom. The molecule has 1 aromatic rings. The lowest BCUT2D eigenvalue weighted by molar-refractivity contribution is -0.137. The highest BCUT2D eigenvalue weighted by Gasteiger charge is 2.34. The molecule has 1 rings (SSSR count). The lowest BCUT2D eigenvalue weighted by atomic mass is 10.0. The van der Waals surface area contributed by atoms with Crippen LogP contribution in [-0.4, -0.2) is 30.6 Å². The number of halogens is 3. The summed E-state index contributed by atoms with van der Waals surface area (Å²) >= 11 is 0. The summed E-state index contributed by atoms with van der Waals surface area (Å²) in [6.07, 6.45) is -2.86. The molecule has 0 radical (unpaired) electrons. The van der Waals surface area contributed by atoms with Gasteiger partial charge < -0.3 is 15.7 Å². The van der Waals surface area contributed by atoms with E-state index < -0.39 is 17.6 Å². The molecule has 0 amide bonds. The Labute approximate surface area is 121 Å². The van der Waals surface area contributed by atoms with Crippen LogP contribution in [0.2, 0.25) is 0 Å². The Morgan fingerprint density at radius 3 is 2.48 bits per heavy atom. The van der Waals surface area contributed by atoms with E-state index in [-0.39, 0.29) is 18.7 Å². The summed E-state index contributed by atoms with van der Waals surface area (Å²) in [6, 6.07) is 3.69. The molecule has 0 aliphatic rings. The van der Waals surface area contributed by atoms with Gasteiger partial charge in [-0.1, -0.05) is 13.3 Å². The molecule has 118 valence electrons. The highest BCUT2D eigenvalue weighted by Crippen LogP contribution is 2.34. The summed E-state index contributed by atoms with van der Waals surface area (Å²) in [5.74, 6) is -0.615. The molecule has 0 spiro atoms. The van der Waals surface area contributed by atoms with Crippen molar-refractivity contribution in [2.75, 3.05) is 24.6 Å². The molecule has 4 N–H and O–H groups in total. The van der Waals surface area contributed by atoms with Crippen LogP contribution in [0.4, 0.5) is 18.9 Å². The number of benzene rings is 1. The quantitative estimate of drug-likeness (QED) is 0.535. The first kappa shape index (κ1) is 17.3. The summed E-state index contributed by atoms with van der Waals surface area (Å²) in [7, 11) is 0. The largest absolute Gasteiger partial charge is 0.417 e. The number of rotatable bonds is 7. The maximum absolute atomic E-state index is 13.1. The number of aliphatic hydroxyl groups excluding tert-OH is 1. The minimum Gasteiger partial charge on any atom is -0.395 e. The van der Waals surface area contributed by atoms with Crippen LogP contribution in [0.25, 0.3) is 0 Å². The summed E-state index contributed by atoms with van der Waals surface area (Å²) in [6.45, 7) is 2.67. The SMILES string of the molecule is CCCCN(CCO)c1ccc(C(=N)N)c(C(F)(F)F)c1. The lowest BCUT2D eigenvalue weighted by Crippen LogP contribution is -2.28. The smallest absolute Gasteiger partial charge is 0.395 e. The Balaban J connectivity index is 3.21. The van der Waals surface area contributed by atoms with E-state index in [1.54, 1.807) is 4.90 Å². The number of anilines is 1. The number of aliphatic hydroxyl groups is 1. The third-order valence-corrected chi connectivity index (χ3v) is 3.12. The zero-order valence-corrected chi connectivity index (χ0v) is 11.9. The molecule has 1 aromatic carbocycles. The van der Waals surface area contributed by atoms with Crippen molar-refractivity contribution < 1.29 is 18.3 Å².